The minimum atomic E-state index is -0.570. The van der Waals surface area contributed by atoms with Gasteiger partial charge in [0.15, 0.2) is 9.76 Å². The van der Waals surface area contributed by atoms with Crippen molar-refractivity contribution in [3.8, 4) is 0 Å². The van der Waals surface area contributed by atoms with E-state index in [-0.39, 0.29) is 5.60 Å². The molecular weight excluding hydrogens is 192 g/mol. The summed E-state index contributed by atoms with van der Waals surface area (Å²) in [5.41, 5.74) is -0.893. The topological polar surface area (TPSA) is 29.5 Å². The quantitative estimate of drug-likeness (QED) is 0.731. The molecule has 2 nitrogen and oxygen atoms in total. The van der Waals surface area contributed by atoms with Crippen LogP contribution in [0.2, 0.25) is 5.04 Å². The summed E-state index contributed by atoms with van der Waals surface area (Å²) in [6, 6.07) is 0. The number of rotatable bonds is 3. The average Bonchev–Trinajstić information content (AvgIpc) is 1.95. The highest BCUT2D eigenvalue weighted by Crippen LogP contribution is 2.43. The molecule has 1 saturated carbocycles. The Morgan fingerprint density at radius 2 is 1.64 bits per heavy atom. The predicted molar refractivity (Wildman–Crippen MR) is 62.2 cm³/mol. The van der Waals surface area contributed by atoms with Gasteiger partial charge in [-0.05, 0) is 38.1 Å². The van der Waals surface area contributed by atoms with Gasteiger partial charge in [0.1, 0.15) is 0 Å². The Bertz CT molecular complexity index is 202. The van der Waals surface area contributed by atoms with Crippen molar-refractivity contribution in [1.82, 2.24) is 0 Å². The van der Waals surface area contributed by atoms with Crippen molar-refractivity contribution in [3.05, 3.63) is 0 Å². The maximum Gasteiger partial charge on any atom is 0.167 e. The molecule has 0 bridgehead atoms. The van der Waals surface area contributed by atoms with Gasteiger partial charge in [0.05, 0.1) is 11.2 Å². The molecule has 0 aliphatic heterocycles. The molecule has 0 unspecified atom stereocenters. The second kappa shape index (κ2) is 3.61. The summed E-state index contributed by atoms with van der Waals surface area (Å²) in [7, 11) is -0.570. The van der Waals surface area contributed by atoms with Crippen molar-refractivity contribution in [3.63, 3.8) is 0 Å². The molecule has 0 atom stereocenters. The summed E-state index contributed by atoms with van der Waals surface area (Å²) in [6.45, 7) is 10.7. The van der Waals surface area contributed by atoms with Gasteiger partial charge in [0, 0.05) is 0 Å². The molecule has 0 spiro atoms. The Hall–Kier alpha value is 0.137. The zero-order chi connectivity index (χ0) is 11.0. The van der Waals surface area contributed by atoms with E-state index in [1.165, 1.54) is 0 Å². The molecule has 0 aromatic heterocycles. The first-order valence-corrected chi connectivity index (χ1v) is 6.81. The number of hydrogen-bond acceptors (Lipinski definition) is 2. The van der Waals surface area contributed by atoms with Gasteiger partial charge in [-0.1, -0.05) is 20.8 Å². The lowest BCUT2D eigenvalue weighted by Crippen LogP contribution is -2.57. The highest BCUT2D eigenvalue weighted by Gasteiger charge is 2.48. The second-order valence-corrected chi connectivity index (χ2v) is 8.94. The zero-order valence-corrected chi connectivity index (χ0v) is 11.6. The van der Waals surface area contributed by atoms with Crippen LogP contribution in [0.3, 0.4) is 0 Å². The lowest BCUT2D eigenvalue weighted by Gasteiger charge is -2.49. The smallest absolute Gasteiger partial charge is 0.167 e. The molecule has 1 aliphatic rings. The van der Waals surface area contributed by atoms with E-state index in [2.05, 4.69) is 20.8 Å². The van der Waals surface area contributed by atoms with Gasteiger partial charge in [0.2, 0.25) is 0 Å². The highest BCUT2D eigenvalue weighted by molar-refractivity contribution is 6.31. The maximum absolute atomic E-state index is 10.2. The van der Waals surface area contributed by atoms with E-state index in [1.54, 1.807) is 0 Å². The Balaban J connectivity index is 2.49. The second-order valence-electron chi connectivity index (χ2n) is 6.24. The Labute approximate surface area is 90.0 Å². The third-order valence-electron chi connectivity index (χ3n) is 3.17. The zero-order valence-electron chi connectivity index (χ0n) is 10.2. The largest absolute Gasteiger partial charge is 0.416 e. The summed E-state index contributed by atoms with van der Waals surface area (Å²) in [6.07, 6.45) is 2.94. The summed E-state index contributed by atoms with van der Waals surface area (Å²) < 4.78 is 5.99. The van der Waals surface area contributed by atoms with E-state index in [9.17, 15) is 5.11 Å². The van der Waals surface area contributed by atoms with Crippen molar-refractivity contribution in [1.29, 1.82) is 0 Å². The lowest BCUT2D eigenvalue weighted by molar-refractivity contribution is -0.161. The monoisotopic (exact) mass is 216 g/mol. The molecular formula is C11H24O2Si. The molecule has 1 fully saturated rings. The van der Waals surface area contributed by atoms with Crippen LogP contribution in [0.4, 0.5) is 0 Å². The van der Waals surface area contributed by atoms with Crippen molar-refractivity contribution in [2.24, 2.45) is 0 Å². The van der Waals surface area contributed by atoms with Gasteiger partial charge in [-0.2, -0.15) is 0 Å². The van der Waals surface area contributed by atoms with E-state index in [0.717, 1.165) is 19.3 Å². The van der Waals surface area contributed by atoms with E-state index in [1.807, 2.05) is 13.8 Å². The average molecular weight is 216 g/mol. The van der Waals surface area contributed by atoms with E-state index in [0.29, 0.717) is 5.04 Å². The molecule has 0 amide bonds. The van der Waals surface area contributed by atoms with Crippen molar-refractivity contribution < 1.29 is 9.53 Å². The predicted octanol–water partition coefficient (Wildman–Crippen LogP) is 2.00. The van der Waals surface area contributed by atoms with Gasteiger partial charge in [-0.15, -0.1) is 0 Å². The van der Waals surface area contributed by atoms with Gasteiger partial charge >= 0.3 is 0 Å². The highest BCUT2D eigenvalue weighted by atomic mass is 28.2. The summed E-state index contributed by atoms with van der Waals surface area (Å²) in [5, 5.41) is 10.5. The third kappa shape index (κ3) is 2.58. The normalized spacial score (nSPS) is 22.7. The molecule has 84 valence electrons. The van der Waals surface area contributed by atoms with Crippen molar-refractivity contribution in [2.45, 2.75) is 70.1 Å². The summed E-state index contributed by atoms with van der Waals surface area (Å²) in [4.78, 5) is 0. The molecule has 0 heterocycles. The van der Waals surface area contributed by atoms with Crippen LogP contribution in [0.1, 0.15) is 53.9 Å². The molecule has 0 aromatic carbocycles. The van der Waals surface area contributed by atoms with Crippen LogP contribution in [0.5, 0.6) is 0 Å². The van der Waals surface area contributed by atoms with Crippen LogP contribution >= 0.6 is 0 Å². The van der Waals surface area contributed by atoms with Gasteiger partial charge in [-0.3, -0.25) is 0 Å². The minimum Gasteiger partial charge on any atom is -0.416 e. The number of aliphatic hydroxyl groups is 1. The van der Waals surface area contributed by atoms with Gasteiger partial charge < -0.3 is 9.53 Å². The van der Waals surface area contributed by atoms with Crippen LogP contribution < -0.4 is 0 Å². The first-order chi connectivity index (χ1) is 6.16. The van der Waals surface area contributed by atoms with Crippen LogP contribution in [-0.4, -0.2) is 26.1 Å². The fourth-order valence-electron chi connectivity index (χ4n) is 1.64. The maximum atomic E-state index is 10.2. The Morgan fingerprint density at radius 3 is 1.93 bits per heavy atom. The Kier molecular flexibility index (Phi) is 3.15. The molecule has 3 heteroatoms. The van der Waals surface area contributed by atoms with Crippen molar-refractivity contribution in [2.75, 3.05) is 0 Å². The first kappa shape index (κ1) is 12.2. The molecule has 1 rings (SSSR count). The van der Waals surface area contributed by atoms with E-state index < -0.39 is 15.4 Å². The first-order valence-electron chi connectivity index (χ1n) is 5.53. The number of hydrogen-bond donors (Lipinski definition) is 1. The van der Waals surface area contributed by atoms with Crippen molar-refractivity contribution >= 4 is 9.76 Å². The van der Waals surface area contributed by atoms with E-state index in [4.69, 9.17) is 4.43 Å². The SMILES string of the molecule is CC(C)(C)[SiH2]OC(C)(C)C1(O)CCC1. The van der Waals surface area contributed by atoms with Crippen LogP contribution in [-0.2, 0) is 4.43 Å². The minimum absolute atomic E-state index is 0.303. The lowest BCUT2D eigenvalue weighted by atomic mass is 9.70. The third-order valence-corrected chi connectivity index (χ3v) is 4.90. The van der Waals surface area contributed by atoms with Gasteiger partial charge in [-0.25, -0.2) is 0 Å². The van der Waals surface area contributed by atoms with Crippen LogP contribution in [0.15, 0.2) is 0 Å². The molecule has 1 N–H and O–H groups in total. The standard InChI is InChI=1S/C11H24O2Si/c1-9(2,3)14-13-10(4,5)11(12)7-6-8-11/h12H,6-8,14H2,1-5H3. The molecule has 0 saturated heterocycles. The van der Waals surface area contributed by atoms with Crippen LogP contribution in [0.25, 0.3) is 0 Å². The fourth-order valence-corrected chi connectivity index (χ4v) is 2.71. The molecule has 1 aliphatic carbocycles. The van der Waals surface area contributed by atoms with Crippen LogP contribution in [0, 0.1) is 0 Å². The fraction of sp³-hybridized carbons (Fsp3) is 1.00. The molecule has 14 heavy (non-hydrogen) atoms. The summed E-state index contributed by atoms with van der Waals surface area (Å²) in [5.74, 6) is 0. The molecule has 0 aromatic rings. The summed E-state index contributed by atoms with van der Waals surface area (Å²) >= 11 is 0. The van der Waals surface area contributed by atoms with E-state index >= 15 is 0 Å². The molecule has 0 radical (unpaired) electrons. The Morgan fingerprint density at radius 1 is 1.14 bits per heavy atom. The van der Waals surface area contributed by atoms with Gasteiger partial charge in [0.25, 0.3) is 0 Å².